The Morgan fingerprint density at radius 2 is 1.79 bits per heavy atom. The maximum Gasteiger partial charge on any atom is 0.272 e. The first-order valence-electron chi connectivity index (χ1n) is 7.38. The van der Waals surface area contributed by atoms with Crippen molar-refractivity contribution >= 4 is 26.5 Å². The van der Waals surface area contributed by atoms with Gasteiger partial charge in [0.05, 0.1) is 11.5 Å². The number of anilines is 1. The summed E-state index contributed by atoms with van der Waals surface area (Å²) in [5.41, 5.74) is -0.535. The fourth-order valence-corrected chi connectivity index (χ4v) is 3.74. The highest BCUT2D eigenvalue weighted by molar-refractivity contribution is 7.93. The van der Waals surface area contributed by atoms with Crippen LogP contribution in [0, 0.1) is 0 Å². The fraction of sp³-hybridized carbons (Fsp3) is 0.118. The van der Waals surface area contributed by atoms with Crippen LogP contribution in [0.1, 0.15) is 6.92 Å². The second-order valence-corrected chi connectivity index (χ2v) is 6.71. The van der Waals surface area contributed by atoms with Crippen LogP contribution in [-0.4, -0.2) is 20.0 Å². The van der Waals surface area contributed by atoms with Gasteiger partial charge in [-0.05, 0) is 31.2 Å². The molecule has 0 aliphatic heterocycles. The van der Waals surface area contributed by atoms with Crippen LogP contribution < -0.4 is 15.0 Å². The van der Waals surface area contributed by atoms with Crippen molar-refractivity contribution in [2.45, 2.75) is 11.8 Å². The first-order chi connectivity index (χ1) is 11.5. The monoisotopic (exact) mass is 344 g/mol. The average molecular weight is 344 g/mol. The van der Waals surface area contributed by atoms with E-state index < -0.39 is 15.6 Å². The number of benzene rings is 2. The van der Waals surface area contributed by atoms with Crippen LogP contribution in [0.25, 0.3) is 10.8 Å². The standard InChI is InChI=1S/C17H16N2O4S/c1-2-23-15-9-10-16(13-7-4-3-6-12(13)15)24(21,22)19-14-8-5-11-18-17(14)20/h3-11,19H,2H2,1H3,(H,18,20). The minimum atomic E-state index is -3.92. The number of H-pyrrole nitrogens is 1. The van der Waals surface area contributed by atoms with Gasteiger partial charge in [0.2, 0.25) is 0 Å². The lowest BCUT2D eigenvalue weighted by Gasteiger charge is -2.13. The number of fused-ring (bicyclic) bond motifs is 1. The summed E-state index contributed by atoms with van der Waals surface area (Å²) in [5, 5.41) is 1.23. The molecule has 124 valence electrons. The number of aromatic nitrogens is 1. The van der Waals surface area contributed by atoms with Crippen LogP contribution in [0.15, 0.2) is 64.4 Å². The Balaban J connectivity index is 2.13. The number of hydrogen-bond acceptors (Lipinski definition) is 4. The zero-order chi connectivity index (χ0) is 17.2. The van der Waals surface area contributed by atoms with E-state index >= 15 is 0 Å². The Morgan fingerprint density at radius 3 is 2.50 bits per heavy atom. The predicted molar refractivity (Wildman–Crippen MR) is 93.0 cm³/mol. The van der Waals surface area contributed by atoms with Crippen LogP contribution in [0.5, 0.6) is 5.75 Å². The van der Waals surface area contributed by atoms with E-state index in [4.69, 9.17) is 4.74 Å². The predicted octanol–water partition coefficient (Wildman–Crippen LogP) is 2.73. The van der Waals surface area contributed by atoms with E-state index in [1.807, 2.05) is 13.0 Å². The first kappa shape index (κ1) is 16.1. The molecule has 0 aliphatic rings. The number of pyridine rings is 1. The third-order valence-electron chi connectivity index (χ3n) is 3.50. The van der Waals surface area contributed by atoms with E-state index in [2.05, 4.69) is 9.71 Å². The van der Waals surface area contributed by atoms with Crippen molar-refractivity contribution in [1.82, 2.24) is 4.98 Å². The molecule has 24 heavy (non-hydrogen) atoms. The number of nitrogens with one attached hydrogen (secondary N) is 2. The second-order valence-electron chi connectivity index (χ2n) is 5.06. The van der Waals surface area contributed by atoms with Crippen LogP contribution in [0.2, 0.25) is 0 Å². The number of aromatic amines is 1. The van der Waals surface area contributed by atoms with Gasteiger partial charge in [0.1, 0.15) is 11.4 Å². The number of sulfonamides is 1. The molecule has 0 unspecified atom stereocenters. The Hall–Kier alpha value is -2.80. The second kappa shape index (κ2) is 6.37. The maximum absolute atomic E-state index is 12.7. The fourth-order valence-electron chi connectivity index (χ4n) is 2.46. The lowest BCUT2D eigenvalue weighted by molar-refractivity contribution is 0.344. The van der Waals surface area contributed by atoms with Gasteiger partial charge in [-0.25, -0.2) is 8.42 Å². The molecule has 6 nitrogen and oxygen atoms in total. The lowest BCUT2D eigenvalue weighted by atomic mass is 10.1. The summed E-state index contributed by atoms with van der Waals surface area (Å²) in [7, 11) is -3.92. The Kier molecular flexibility index (Phi) is 4.26. The molecule has 0 fully saturated rings. The SMILES string of the molecule is CCOc1ccc(S(=O)(=O)Nc2ccc[nH]c2=O)c2ccccc12. The molecule has 2 N–H and O–H groups in total. The molecule has 1 heterocycles. The Bertz CT molecular complexity index is 1040. The van der Waals surface area contributed by atoms with Gasteiger partial charge in [-0.2, -0.15) is 0 Å². The van der Waals surface area contributed by atoms with E-state index in [1.54, 1.807) is 30.3 Å². The van der Waals surface area contributed by atoms with Gasteiger partial charge in [0.25, 0.3) is 15.6 Å². The van der Waals surface area contributed by atoms with E-state index in [1.165, 1.54) is 18.3 Å². The van der Waals surface area contributed by atoms with Gasteiger partial charge in [-0.3, -0.25) is 9.52 Å². The summed E-state index contributed by atoms with van der Waals surface area (Å²) in [5.74, 6) is 0.615. The molecule has 0 spiro atoms. The van der Waals surface area contributed by atoms with Crippen LogP contribution in [0.4, 0.5) is 5.69 Å². The minimum Gasteiger partial charge on any atom is -0.493 e. The van der Waals surface area contributed by atoms with Crippen molar-refractivity contribution in [2.24, 2.45) is 0 Å². The van der Waals surface area contributed by atoms with Crippen molar-refractivity contribution in [3.8, 4) is 5.75 Å². The Labute approximate surface area is 139 Å². The van der Waals surface area contributed by atoms with Crippen molar-refractivity contribution in [1.29, 1.82) is 0 Å². The zero-order valence-corrected chi connectivity index (χ0v) is 13.8. The van der Waals surface area contributed by atoms with Crippen LogP contribution in [-0.2, 0) is 10.0 Å². The lowest BCUT2D eigenvalue weighted by Crippen LogP contribution is -2.20. The summed E-state index contributed by atoms with van der Waals surface area (Å²) in [6.07, 6.45) is 1.44. The normalized spacial score (nSPS) is 11.4. The molecular weight excluding hydrogens is 328 g/mol. The van der Waals surface area contributed by atoms with E-state index in [0.717, 1.165) is 0 Å². The highest BCUT2D eigenvalue weighted by Gasteiger charge is 2.20. The molecule has 0 radical (unpaired) electrons. The third kappa shape index (κ3) is 2.98. The van der Waals surface area contributed by atoms with E-state index in [0.29, 0.717) is 23.1 Å². The summed E-state index contributed by atoms with van der Waals surface area (Å²) >= 11 is 0. The highest BCUT2D eigenvalue weighted by atomic mass is 32.2. The topological polar surface area (TPSA) is 88.3 Å². The van der Waals surface area contributed by atoms with Crippen molar-refractivity contribution in [3.63, 3.8) is 0 Å². The molecule has 0 amide bonds. The number of rotatable bonds is 5. The molecule has 2 aromatic carbocycles. The van der Waals surface area contributed by atoms with Crippen LogP contribution >= 0.6 is 0 Å². The van der Waals surface area contributed by atoms with Gasteiger partial charge in [-0.1, -0.05) is 24.3 Å². The summed E-state index contributed by atoms with van der Waals surface area (Å²) < 4.78 is 33.4. The van der Waals surface area contributed by atoms with Crippen molar-refractivity contribution in [3.05, 3.63) is 65.1 Å². The smallest absolute Gasteiger partial charge is 0.272 e. The quantitative estimate of drug-likeness (QED) is 0.745. The van der Waals surface area contributed by atoms with Gasteiger partial charge in [-0.15, -0.1) is 0 Å². The molecule has 3 aromatic rings. The highest BCUT2D eigenvalue weighted by Crippen LogP contribution is 2.31. The third-order valence-corrected chi connectivity index (χ3v) is 4.92. The first-order valence-corrected chi connectivity index (χ1v) is 8.86. The summed E-state index contributed by atoms with van der Waals surface area (Å²) in [6, 6.07) is 13.1. The van der Waals surface area contributed by atoms with Gasteiger partial charge >= 0.3 is 0 Å². The number of ether oxygens (including phenoxy) is 1. The van der Waals surface area contributed by atoms with Gasteiger partial charge in [0, 0.05) is 17.0 Å². The molecule has 7 heteroatoms. The van der Waals surface area contributed by atoms with Gasteiger partial charge in [0.15, 0.2) is 0 Å². The zero-order valence-electron chi connectivity index (χ0n) is 12.9. The average Bonchev–Trinajstić information content (AvgIpc) is 2.57. The van der Waals surface area contributed by atoms with Crippen molar-refractivity contribution in [2.75, 3.05) is 11.3 Å². The molecule has 0 atom stereocenters. The summed E-state index contributed by atoms with van der Waals surface area (Å²) in [4.78, 5) is 14.3. The largest absolute Gasteiger partial charge is 0.493 e. The molecule has 1 aromatic heterocycles. The van der Waals surface area contributed by atoms with Crippen LogP contribution in [0.3, 0.4) is 0 Å². The van der Waals surface area contributed by atoms with E-state index in [-0.39, 0.29) is 10.6 Å². The Morgan fingerprint density at radius 1 is 1.04 bits per heavy atom. The molecule has 0 saturated carbocycles. The minimum absolute atomic E-state index is 0.0320. The number of hydrogen-bond donors (Lipinski definition) is 2. The van der Waals surface area contributed by atoms with Crippen molar-refractivity contribution < 1.29 is 13.2 Å². The van der Waals surface area contributed by atoms with E-state index in [9.17, 15) is 13.2 Å². The van der Waals surface area contributed by atoms with Gasteiger partial charge < -0.3 is 9.72 Å². The molecule has 0 bridgehead atoms. The summed E-state index contributed by atoms with van der Waals surface area (Å²) in [6.45, 7) is 2.34. The molecular formula is C17H16N2O4S. The molecule has 0 aliphatic carbocycles. The molecule has 0 saturated heterocycles. The molecule has 3 rings (SSSR count). The maximum atomic E-state index is 12.7.